The largest absolute Gasteiger partial charge is 0.493 e. The monoisotopic (exact) mass is 663 g/mol. The molecule has 0 atom stereocenters. The number of hydrogen-bond donors (Lipinski definition) is 0. The summed E-state index contributed by atoms with van der Waals surface area (Å²) in [5, 5.41) is 5.93. The van der Waals surface area contributed by atoms with Gasteiger partial charge in [-0.05, 0) is 78.2 Å². The molecule has 0 saturated carbocycles. The van der Waals surface area contributed by atoms with Gasteiger partial charge in [0.25, 0.3) is 5.56 Å². The van der Waals surface area contributed by atoms with E-state index in [1.165, 1.54) is 4.68 Å². The van der Waals surface area contributed by atoms with Crippen molar-refractivity contribution in [1.29, 1.82) is 0 Å². The van der Waals surface area contributed by atoms with E-state index in [0.717, 1.165) is 21.0 Å². The van der Waals surface area contributed by atoms with Crippen LogP contribution in [-0.4, -0.2) is 29.8 Å². The Balaban J connectivity index is 1.27. The topological polar surface area (TPSA) is 97.3 Å². The molecule has 0 unspecified atom stereocenters. The van der Waals surface area contributed by atoms with Crippen LogP contribution in [0.2, 0.25) is 0 Å². The molecule has 6 aromatic rings. The summed E-state index contributed by atoms with van der Waals surface area (Å²) in [6, 6.07) is 24.1. The van der Waals surface area contributed by atoms with Gasteiger partial charge in [-0.2, -0.15) is 9.78 Å². The summed E-state index contributed by atoms with van der Waals surface area (Å²) in [5.74, 6) is 3.21. The molecule has 0 spiro atoms. The lowest BCUT2D eigenvalue weighted by atomic mass is 10.1. The second-order valence-corrected chi connectivity index (χ2v) is 11.2. The standard InChI is InChI=1S/C35H26BrN3O6/c1-3-6-23-13-22(15-31(41-2)33(23)42-19-21-9-11-29-30(14-21)44-20-43-29)18-37-39-34(38-27-8-5-4-7-26(27)35(39)40)32-17-24-16-25(36)10-12-28(24)45-32/h3-5,7-18H,1,6,19-20H2,2H3. The minimum atomic E-state index is -0.324. The molecule has 45 heavy (non-hydrogen) atoms. The van der Waals surface area contributed by atoms with E-state index in [2.05, 4.69) is 27.6 Å². The number of ether oxygens (including phenoxy) is 4. The SMILES string of the molecule is C=CCc1cc(C=Nn2c(-c3cc4cc(Br)ccc4o3)nc3ccccc3c2=O)cc(OC)c1OCc1ccc2c(c1)OCO2. The molecule has 0 aliphatic carbocycles. The van der Waals surface area contributed by atoms with Crippen LogP contribution in [-0.2, 0) is 13.0 Å². The van der Waals surface area contributed by atoms with Crippen molar-refractivity contribution in [2.24, 2.45) is 5.10 Å². The Kier molecular flexibility index (Phi) is 7.56. The fraction of sp³-hybridized carbons (Fsp3) is 0.114. The van der Waals surface area contributed by atoms with Gasteiger partial charge in [0.05, 0.1) is 24.2 Å². The van der Waals surface area contributed by atoms with E-state index in [1.807, 2.05) is 60.7 Å². The molecule has 1 aliphatic heterocycles. The third kappa shape index (κ3) is 5.56. The zero-order valence-electron chi connectivity index (χ0n) is 24.2. The van der Waals surface area contributed by atoms with Crippen LogP contribution in [0.4, 0.5) is 0 Å². The Bertz CT molecular complexity index is 2190. The summed E-state index contributed by atoms with van der Waals surface area (Å²) >= 11 is 3.50. The second-order valence-electron chi connectivity index (χ2n) is 10.3. The molecule has 9 nitrogen and oxygen atoms in total. The van der Waals surface area contributed by atoms with Gasteiger partial charge in [0.15, 0.2) is 28.8 Å². The van der Waals surface area contributed by atoms with Crippen LogP contribution >= 0.6 is 15.9 Å². The zero-order valence-corrected chi connectivity index (χ0v) is 25.7. The highest BCUT2D eigenvalue weighted by atomic mass is 79.9. The van der Waals surface area contributed by atoms with E-state index in [9.17, 15) is 4.79 Å². The van der Waals surface area contributed by atoms with E-state index >= 15 is 0 Å². The minimum Gasteiger partial charge on any atom is -0.493 e. The van der Waals surface area contributed by atoms with Crippen LogP contribution < -0.4 is 24.5 Å². The third-order valence-electron chi connectivity index (χ3n) is 7.33. The van der Waals surface area contributed by atoms with Gasteiger partial charge in [-0.15, -0.1) is 6.58 Å². The molecule has 1 aliphatic rings. The van der Waals surface area contributed by atoms with Gasteiger partial charge in [-0.3, -0.25) is 4.79 Å². The van der Waals surface area contributed by atoms with Crippen LogP contribution in [0.3, 0.4) is 0 Å². The van der Waals surface area contributed by atoms with Gasteiger partial charge in [0.2, 0.25) is 12.6 Å². The van der Waals surface area contributed by atoms with E-state index in [1.54, 1.807) is 37.6 Å². The molecule has 4 aromatic carbocycles. The van der Waals surface area contributed by atoms with Crippen LogP contribution in [0.25, 0.3) is 33.5 Å². The Labute approximate surface area is 266 Å². The predicted molar refractivity (Wildman–Crippen MR) is 176 cm³/mol. The van der Waals surface area contributed by atoms with Crippen molar-refractivity contribution in [3.05, 3.63) is 123 Å². The second kappa shape index (κ2) is 12.0. The number of benzene rings is 4. The fourth-order valence-electron chi connectivity index (χ4n) is 5.21. The number of nitrogens with zero attached hydrogens (tertiary/aromatic N) is 3. The number of furan rings is 1. The maximum atomic E-state index is 13.7. The maximum Gasteiger partial charge on any atom is 0.282 e. The van der Waals surface area contributed by atoms with Gasteiger partial charge in [0, 0.05) is 15.4 Å². The van der Waals surface area contributed by atoms with Gasteiger partial charge in [-0.1, -0.05) is 40.2 Å². The molecule has 0 bridgehead atoms. The average Bonchev–Trinajstić information content (AvgIpc) is 3.70. The summed E-state index contributed by atoms with van der Waals surface area (Å²) in [7, 11) is 1.58. The number of allylic oxidation sites excluding steroid dienone is 1. The molecule has 10 heteroatoms. The van der Waals surface area contributed by atoms with E-state index in [-0.39, 0.29) is 18.2 Å². The van der Waals surface area contributed by atoms with Gasteiger partial charge >= 0.3 is 0 Å². The number of aromatic nitrogens is 2. The van der Waals surface area contributed by atoms with Crippen molar-refractivity contribution in [3.63, 3.8) is 0 Å². The molecule has 7 rings (SSSR count). The minimum absolute atomic E-state index is 0.207. The highest BCUT2D eigenvalue weighted by Gasteiger charge is 2.18. The molecule has 224 valence electrons. The summed E-state index contributed by atoms with van der Waals surface area (Å²) in [6.07, 6.45) is 3.90. The van der Waals surface area contributed by atoms with Crippen molar-refractivity contribution < 1.29 is 23.4 Å². The normalized spacial score (nSPS) is 12.3. The number of methoxy groups -OCH3 is 1. The molecule has 0 N–H and O–H groups in total. The first-order valence-electron chi connectivity index (χ1n) is 14.1. The third-order valence-corrected chi connectivity index (χ3v) is 7.83. The Hall–Kier alpha value is -5.35. The molecular formula is C35H26BrN3O6. The van der Waals surface area contributed by atoms with Crippen molar-refractivity contribution in [1.82, 2.24) is 9.66 Å². The smallest absolute Gasteiger partial charge is 0.282 e. The summed E-state index contributed by atoms with van der Waals surface area (Å²) in [5.41, 5.74) is 3.35. The first-order valence-corrected chi connectivity index (χ1v) is 14.9. The number of fused-ring (bicyclic) bond motifs is 3. The maximum absolute atomic E-state index is 13.7. The first kappa shape index (κ1) is 28.4. The number of rotatable bonds is 9. The molecule has 0 radical (unpaired) electrons. The molecule has 3 heterocycles. The van der Waals surface area contributed by atoms with Crippen LogP contribution in [0, 0.1) is 0 Å². The van der Waals surface area contributed by atoms with Gasteiger partial charge in [-0.25, -0.2) is 4.98 Å². The lowest BCUT2D eigenvalue weighted by molar-refractivity contribution is 0.174. The molecule has 0 amide bonds. The Morgan fingerprint density at radius 1 is 1.04 bits per heavy atom. The zero-order chi connectivity index (χ0) is 30.9. The van der Waals surface area contributed by atoms with Crippen molar-refractivity contribution in [2.45, 2.75) is 13.0 Å². The Morgan fingerprint density at radius 3 is 2.78 bits per heavy atom. The lowest BCUT2D eigenvalue weighted by Crippen LogP contribution is -2.20. The predicted octanol–water partition coefficient (Wildman–Crippen LogP) is 7.50. The van der Waals surface area contributed by atoms with Crippen molar-refractivity contribution in [3.8, 4) is 34.6 Å². The molecule has 0 saturated heterocycles. The van der Waals surface area contributed by atoms with Crippen LogP contribution in [0.1, 0.15) is 16.7 Å². The van der Waals surface area contributed by atoms with Crippen molar-refractivity contribution >= 4 is 44.0 Å². The lowest BCUT2D eigenvalue weighted by Gasteiger charge is -2.16. The fourth-order valence-corrected chi connectivity index (χ4v) is 5.58. The number of halogens is 1. The van der Waals surface area contributed by atoms with Gasteiger partial charge < -0.3 is 23.4 Å². The quantitative estimate of drug-likeness (QED) is 0.117. The van der Waals surface area contributed by atoms with Gasteiger partial charge in [0.1, 0.15) is 12.2 Å². The van der Waals surface area contributed by atoms with Crippen LogP contribution in [0.15, 0.2) is 110 Å². The Morgan fingerprint density at radius 2 is 1.91 bits per heavy atom. The highest BCUT2D eigenvalue weighted by molar-refractivity contribution is 9.10. The average molecular weight is 665 g/mol. The number of para-hydroxylation sites is 1. The highest BCUT2D eigenvalue weighted by Crippen LogP contribution is 2.36. The molecule has 2 aromatic heterocycles. The van der Waals surface area contributed by atoms with Crippen molar-refractivity contribution in [2.75, 3.05) is 13.9 Å². The van der Waals surface area contributed by atoms with E-state index < -0.39 is 0 Å². The van der Waals surface area contributed by atoms with Crippen LogP contribution in [0.5, 0.6) is 23.0 Å². The molecular weight excluding hydrogens is 638 g/mol. The summed E-state index contributed by atoms with van der Waals surface area (Å²) in [4.78, 5) is 18.5. The summed E-state index contributed by atoms with van der Waals surface area (Å²) in [6.45, 7) is 4.41. The van der Waals surface area contributed by atoms with E-state index in [4.69, 9.17) is 28.3 Å². The summed E-state index contributed by atoms with van der Waals surface area (Å²) < 4.78 is 31.2. The molecule has 0 fully saturated rings. The van der Waals surface area contributed by atoms with E-state index in [0.29, 0.717) is 63.8 Å². The first-order chi connectivity index (χ1) is 22.0. The number of hydrogen-bond acceptors (Lipinski definition) is 8.